The van der Waals surface area contributed by atoms with Gasteiger partial charge in [0.05, 0.1) is 12.2 Å². The predicted octanol–water partition coefficient (Wildman–Crippen LogP) is 2.95. The molecule has 0 spiro atoms. The molecule has 3 rings (SSSR count). The summed E-state index contributed by atoms with van der Waals surface area (Å²) in [5.74, 6) is -0.00922. The number of nitrogen functional groups attached to an aromatic ring is 1. The lowest BCUT2D eigenvalue weighted by molar-refractivity contribution is 0.0987. The highest BCUT2D eigenvalue weighted by atomic mass is 127. The first-order valence-electron chi connectivity index (χ1n) is 6.62. The minimum atomic E-state index is -0.00922. The quantitative estimate of drug-likeness (QED) is 0.601. The topological polar surface area (TPSA) is 58.7 Å². The maximum Gasteiger partial charge on any atom is 0.258 e. The molecule has 1 amide bonds. The number of carbonyl (C=O) groups is 1. The molecule has 0 fully saturated rings. The number of hydrogen-bond acceptors (Lipinski definition) is 3. The summed E-state index contributed by atoms with van der Waals surface area (Å²) < 4.78 is 1.04. The normalized spacial score (nSPS) is 13.7. The third-order valence-corrected chi connectivity index (χ3v) is 4.01. The molecule has 106 valence electrons. The number of nitrogens with zero attached hydrogens (tertiary/aromatic N) is 2. The maximum atomic E-state index is 12.8. The van der Waals surface area contributed by atoms with E-state index in [9.17, 15) is 4.79 Å². The molecule has 0 aliphatic carbocycles. The van der Waals surface area contributed by atoms with E-state index in [-0.39, 0.29) is 5.91 Å². The van der Waals surface area contributed by atoms with E-state index >= 15 is 0 Å². The number of anilines is 2. The Balaban J connectivity index is 2.02. The Hall–Kier alpha value is -1.89. The molecule has 0 atom stereocenters. The van der Waals surface area contributed by atoms with Crippen molar-refractivity contribution in [2.24, 2.45) is 4.99 Å². The van der Waals surface area contributed by atoms with E-state index < -0.39 is 0 Å². The van der Waals surface area contributed by atoms with Crippen LogP contribution in [-0.4, -0.2) is 25.2 Å². The van der Waals surface area contributed by atoms with Crippen molar-refractivity contribution in [2.75, 3.05) is 23.7 Å². The van der Waals surface area contributed by atoms with Crippen molar-refractivity contribution >= 4 is 46.1 Å². The Labute approximate surface area is 136 Å². The summed E-state index contributed by atoms with van der Waals surface area (Å²) in [6, 6.07) is 13.1. The second-order valence-electron chi connectivity index (χ2n) is 4.82. The highest BCUT2D eigenvalue weighted by Crippen LogP contribution is 2.25. The van der Waals surface area contributed by atoms with Gasteiger partial charge in [0, 0.05) is 33.1 Å². The van der Waals surface area contributed by atoms with Crippen molar-refractivity contribution < 1.29 is 4.79 Å². The van der Waals surface area contributed by atoms with E-state index in [1.807, 2.05) is 42.5 Å². The molecule has 1 heterocycles. The minimum absolute atomic E-state index is 0.00922. The molecule has 0 unspecified atom stereocenters. The number of rotatable bonds is 1. The molecule has 0 saturated carbocycles. The van der Waals surface area contributed by atoms with E-state index in [0.29, 0.717) is 24.3 Å². The van der Waals surface area contributed by atoms with E-state index in [1.54, 1.807) is 11.1 Å². The summed E-state index contributed by atoms with van der Waals surface area (Å²) in [4.78, 5) is 18.9. The number of halogens is 1. The van der Waals surface area contributed by atoms with Gasteiger partial charge in [0.2, 0.25) is 0 Å². The summed E-state index contributed by atoms with van der Waals surface area (Å²) in [5, 5.41) is 0. The Kier molecular flexibility index (Phi) is 3.92. The van der Waals surface area contributed by atoms with Crippen LogP contribution in [-0.2, 0) is 0 Å². The molecular weight excluding hydrogens is 377 g/mol. The fourth-order valence-electron chi connectivity index (χ4n) is 2.35. The Morgan fingerprint density at radius 3 is 2.90 bits per heavy atom. The largest absolute Gasteiger partial charge is 0.399 e. The van der Waals surface area contributed by atoms with Crippen LogP contribution in [0.2, 0.25) is 0 Å². The molecule has 0 bridgehead atoms. The summed E-state index contributed by atoms with van der Waals surface area (Å²) >= 11 is 2.21. The Bertz CT molecular complexity index is 727. The monoisotopic (exact) mass is 391 g/mol. The molecule has 5 heteroatoms. The second-order valence-corrected chi connectivity index (χ2v) is 6.07. The lowest BCUT2D eigenvalue weighted by Gasteiger charge is -2.22. The van der Waals surface area contributed by atoms with Crippen molar-refractivity contribution in [3.63, 3.8) is 0 Å². The highest BCUT2D eigenvalue weighted by molar-refractivity contribution is 14.1. The number of carbonyl (C=O) groups excluding carboxylic acids is 1. The first kappa shape index (κ1) is 14.1. The van der Waals surface area contributed by atoms with Gasteiger partial charge in [0.25, 0.3) is 5.91 Å². The summed E-state index contributed by atoms with van der Waals surface area (Å²) in [6.45, 7) is 1.15. The average Bonchev–Trinajstić information content (AvgIpc) is 2.68. The van der Waals surface area contributed by atoms with Crippen LogP contribution in [0.25, 0.3) is 0 Å². The van der Waals surface area contributed by atoms with Crippen LogP contribution in [0.15, 0.2) is 47.5 Å². The van der Waals surface area contributed by atoms with Gasteiger partial charge >= 0.3 is 0 Å². The van der Waals surface area contributed by atoms with Crippen LogP contribution < -0.4 is 10.6 Å². The molecule has 2 N–H and O–H groups in total. The number of aliphatic imine (C=N–C) groups is 1. The fraction of sp³-hybridized carbons (Fsp3) is 0.125. The zero-order chi connectivity index (χ0) is 14.8. The van der Waals surface area contributed by atoms with Gasteiger partial charge < -0.3 is 10.6 Å². The SMILES string of the molecule is Nc1ccc2c(c1)C=NCCN2C(=O)c1cccc(I)c1. The zero-order valence-electron chi connectivity index (χ0n) is 11.3. The average molecular weight is 391 g/mol. The first-order valence-corrected chi connectivity index (χ1v) is 7.70. The standard InChI is InChI=1S/C16H14IN3O/c17-13-3-1-2-11(8-13)16(21)20-7-6-19-10-12-9-14(18)4-5-15(12)20/h1-5,8-10H,6-7,18H2. The van der Waals surface area contributed by atoms with Crippen LogP contribution in [0, 0.1) is 3.57 Å². The first-order chi connectivity index (χ1) is 10.1. The van der Waals surface area contributed by atoms with Crippen molar-refractivity contribution in [2.45, 2.75) is 0 Å². The Morgan fingerprint density at radius 2 is 2.10 bits per heavy atom. The van der Waals surface area contributed by atoms with Crippen LogP contribution in [0.4, 0.5) is 11.4 Å². The summed E-state index contributed by atoms with van der Waals surface area (Å²) in [6.07, 6.45) is 1.79. The van der Waals surface area contributed by atoms with Gasteiger partial charge in [-0.1, -0.05) is 6.07 Å². The smallest absolute Gasteiger partial charge is 0.258 e. The zero-order valence-corrected chi connectivity index (χ0v) is 13.4. The van der Waals surface area contributed by atoms with Crippen LogP contribution in [0.5, 0.6) is 0 Å². The number of fused-ring (bicyclic) bond motifs is 1. The number of nitrogens with two attached hydrogens (primary N) is 1. The Morgan fingerprint density at radius 1 is 1.24 bits per heavy atom. The molecule has 0 radical (unpaired) electrons. The number of hydrogen-bond donors (Lipinski definition) is 1. The highest BCUT2D eigenvalue weighted by Gasteiger charge is 2.21. The number of amides is 1. The van der Waals surface area contributed by atoms with Gasteiger partial charge in [-0.15, -0.1) is 0 Å². The minimum Gasteiger partial charge on any atom is -0.399 e. The predicted molar refractivity (Wildman–Crippen MR) is 94.2 cm³/mol. The third kappa shape index (κ3) is 2.92. The molecule has 1 aliphatic rings. The van der Waals surface area contributed by atoms with Crippen molar-refractivity contribution in [1.82, 2.24) is 0 Å². The third-order valence-electron chi connectivity index (χ3n) is 3.34. The summed E-state index contributed by atoms with van der Waals surface area (Å²) in [5.41, 5.74) is 8.91. The van der Waals surface area contributed by atoms with Gasteiger partial charge in [0.15, 0.2) is 0 Å². The van der Waals surface area contributed by atoms with E-state index in [4.69, 9.17) is 5.73 Å². The van der Waals surface area contributed by atoms with E-state index in [0.717, 1.165) is 14.8 Å². The molecule has 0 aromatic heterocycles. The summed E-state index contributed by atoms with van der Waals surface area (Å²) in [7, 11) is 0. The van der Waals surface area contributed by atoms with Crippen LogP contribution >= 0.6 is 22.6 Å². The molecule has 2 aromatic rings. The fourth-order valence-corrected chi connectivity index (χ4v) is 2.89. The van der Waals surface area contributed by atoms with Gasteiger partial charge in [-0.25, -0.2) is 0 Å². The van der Waals surface area contributed by atoms with Crippen LogP contribution in [0.3, 0.4) is 0 Å². The lowest BCUT2D eigenvalue weighted by Crippen LogP contribution is -2.33. The molecule has 2 aromatic carbocycles. The molecule has 0 saturated heterocycles. The van der Waals surface area contributed by atoms with E-state index in [1.165, 1.54) is 0 Å². The van der Waals surface area contributed by atoms with Crippen molar-refractivity contribution in [3.8, 4) is 0 Å². The molecular formula is C16H14IN3O. The maximum absolute atomic E-state index is 12.8. The second kappa shape index (κ2) is 5.85. The van der Waals surface area contributed by atoms with Gasteiger partial charge in [0.1, 0.15) is 0 Å². The van der Waals surface area contributed by atoms with Gasteiger partial charge in [-0.2, -0.15) is 0 Å². The van der Waals surface area contributed by atoms with Crippen molar-refractivity contribution in [3.05, 3.63) is 57.2 Å². The van der Waals surface area contributed by atoms with E-state index in [2.05, 4.69) is 27.6 Å². The van der Waals surface area contributed by atoms with Crippen molar-refractivity contribution in [1.29, 1.82) is 0 Å². The molecule has 1 aliphatic heterocycles. The lowest BCUT2D eigenvalue weighted by atomic mass is 10.1. The molecule has 21 heavy (non-hydrogen) atoms. The van der Waals surface area contributed by atoms with Crippen LogP contribution in [0.1, 0.15) is 15.9 Å². The van der Waals surface area contributed by atoms with Gasteiger partial charge in [-0.05, 0) is 59.0 Å². The van der Waals surface area contributed by atoms with Gasteiger partial charge in [-0.3, -0.25) is 9.79 Å². The number of benzene rings is 2. The number of benzodiazepines with no additional fused rings is 1. The molecule has 4 nitrogen and oxygen atoms in total.